The van der Waals surface area contributed by atoms with E-state index in [0.29, 0.717) is 0 Å². The summed E-state index contributed by atoms with van der Waals surface area (Å²) in [6, 6.07) is 0. The maximum atomic E-state index is 12.4. The van der Waals surface area contributed by atoms with E-state index in [1.165, 1.54) is 0 Å². The molecule has 1 aromatic carbocycles. The molecule has 0 aromatic heterocycles. The van der Waals surface area contributed by atoms with Crippen molar-refractivity contribution in [2.24, 2.45) is 0 Å². The van der Waals surface area contributed by atoms with Crippen LogP contribution in [0.25, 0.3) is 0 Å². The van der Waals surface area contributed by atoms with Gasteiger partial charge in [0.1, 0.15) is 5.02 Å². The highest BCUT2D eigenvalue weighted by atomic mass is 35.5. The number of halogens is 5. The number of anilines is 1. The van der Waals surface area contributed by atoms with Crippen LogP contribution >= 0.6 is 11.6 Å². The molecular formula is C6H2ClF4N. The van der Waals surface area contributed by atoms with Crippen LogP contribution in [0.5, 0.6) is 0 Å². The molecule has 0 spiro atoms. The topological polar surface area (TPSA) is 26.0 Å². The van der Waals surface area contributed by atoms with Crippen molar-refractivity contribution in [3.8, 4) is 0 Å². The number of rotatable bonds is 0. The molecule has 0 aliphatic carbocycles. The van der Waals surface area contributed by atoms with E-state index in [0.717, 1.165) is 0 Å². The van der Waals surface area contributed by atoms with E-state index in [9.17, 15) is 17.6 Å². The predicted octanol–water partition coefficient (Wildman–Crippen LogP) is 2.48. The molecule has 0 radical (unpaired) electrons. The van der Waals surface area contributed by atoms with Gasteiger partial charge < -0.3 is 5.73 Å². The van der Waals surface area contributed by atoms with Crippen molar-refractivity contribution >= 4 is 17.3 Å². The number of hydrogen-bond acceptors (Lipinski definition) is 1. The molecule has 6 heteroatoms. The summed E-state index contributed by atoms with van der Waals surface area (Å²) in [5.41, 5.74) is 3.86. The minimum atomic E-state index is -1.97. The first-order chi connectivity index (χ1) is 5.46. The van der Waals surface area contributed by atoms with Crippen LogP contribution in [0.1, 0.15) is 0 Å². The fourth-order valence-corrected chi connectivity index (χ4v) is 0.788. The van der Waals surface area contributed by atoms with E-state index in [1.807, 2.05) is 0 Å². The lowest BCUT2D eigenvalue weighted by molar-refractivity contribution is 0.411. The Morgan fingerprint density at radius 3 is 1.75 bits per heavy atom. The number of benzene rings is 1. The van der Waals surface area contributed by atoms with Crippen LogP contribution in [0, 0.1) is 23.3 Å². The highest BCUT2D eigenvalue weighted by molar-refractivity contribution is 6.33. The average Bonchev–Trinajstić information content (AvgIpc) is 2.08. The molecule has 2 N–H and O–H groups in total. The largest absolute Gasteiger partial charge is 0.395 e. The summed E-state index contributed by atoms with van der Waals surface area (Å²) >= 11 is 5.01. The van der Waals surface area contributed by atoms with Gasteiger partial charge in [-0.2, -0.15) is 0 Å². The molecule has 0 fully saturated rings. The summed E-state index contributed by atoms with van der Waals surface area (Å²) in [6.07, 6.45) is 0. The molecule has 0 aliphatic heterocycles. The fourth-order valence-electron chi connectivity index (χ4n) is 0.622. The van der Waals surface area contributed by atoms with E-state index < -0.39 is 34.0 Å². The van der Waals surface area contributed by atoms with Gasteiger partial charge in [0.05, 0.1) is 5.69 Å². The van der Waals surface area contributed by atoms with Gasteiger partial charge >= 0.3 is 0 Å². The second-order valence-electron chi connectivity index (χ2n) is 1.98. The highest BCUT2D eigenvalue weighted by Crippen LogP contribution is 2.29. The van der Waals surface area contributed by atoms with E-state index >= 15 is 0 Å². The zero-order valence-electron chi connectivity index (χ0n) is 5.47. The average molecular weight is 200 g/mol. The Hall–Kier alpha value is -0.970. The van der Waals surface area contributed by atoms with E-state index in [1.54, 1.807) is 0 Å². The smallest absolute Gasteiger partial charge is 0.199 e. The summed E-state index contributed by atoms with van der Waals surface area (Å²) in [6.45, 7) is 0. The SMILES string of the molecule is Nc1c(F)c(F)c(F)c(F)c1Cl. The molecule has 0 saturated carbocycles. The molecule has 66 valence electrons. The molecular weight excluding hydrogens is 198 g/mol. The van der Waals surface area contributed by atoms with Crippen LogP contribution in [0.4, 0.5) is 23.2 Å². The molecule has 1 rings (SSSR count). The van der Waals surface area contributed by atoms with Crippen molar-refractivity contribution in [2.75, 3.05) is 5.73 Å². The van der Waals surface area contributed by atoms with Crippen LogP contribution in [-0.4, -0.2) is 0 Å². The molecule has 0 saturated heterocycles. The van der Waals surface area contributed by atoms with Gasteiger partial charge in [-0.3, -0.25) is 0 Å². The van der Waals surface area contributed by atoms with Crippen molar-refractivity contribution in [2.45, 2.75) is 0 Å². The molecule has 0 atom stereocenters. The van der Waals surface area contributed by atoms with Crippen molar-refractivity contribution in [3.63, 3.8) is 0 Å². The fraction of sp³-hybridized carbons (Fsp3) is 0. The summed E-state index contributed by atoms with van der Waals surface area (Å²) < 4.78 is 49.5. The summed E-state index contributed by atoms with van der Waals surface area (Å²) in [5.74, 6) is -7.30. The first-order valence-corrected chi connectivity index (χ1v) is 3.11. The van der Waals surface area contributed by atoms with Gasteiger partial charge in [-0.15, -0.1) is 0 Å². The molecule has 1 aromatic rings. The number of hydrogen-bond donors (Lipinski definition) is 1. The van der Waals surface area contributed by atoms with Crippen LogP contribution < -0.4 is 5.73 Å². The van der Waals surface area contributed by atoms with Gasteiger partial charge in [-0.05, 0) is 0 Å². The Kier molecular flexibility index (Phi) is 2.14. The maximum absolute atomic E-state index is 12.4. The molecule has 0 amide bonds. The summed E-state index contributed by atoms with van der Waals surface area (Å²) in [5, 5.41) is -0.952. The monoisotopic (exact) mass is 199 g/mol. The third-order valence-corrected chi connectivity index (χ3v) is 1.61. The Bertz CT molecular complexity index is 234. The van der Waals surface area contributed by atoms with E-state index in [2.05, 4.69) is 0 Å². The maximum Gasteiger partial charge on any atom is 0.199 e. The van der Waals surface area contributed by atoms with Crippen molar-refractivity contribution < 1.29 is 17.6 Å². The first kappa shape index (κ1) is 9.12. The second-order valence-corrected chi connectivity index (χ2v) is 2.36. The standard InChI is InChI=1S/C6H2ClF4N/c7-1-2(8)3(9)4(10)5(11)6(1)12/h12H2. The van der Waals surface area contributed by atoms with Gasteiger partial charge in [0, 0.05) is 0 Å². The first-order valence-electron chi connectivity index (χ1n) is 2.73. The lowest BCUT2D eigenvalue weighted by Crippen LogP contribution is -2.02. The molecule has 12 heavy (non-hydrogen) atoms. The normalized spacial score (nSPS) is 10.4. The van der Waals surface area contributed by atoms with Crippen LogP contribution in [0.15, 0.2) is 0 Å². The van der Waals surface area contributed by atoms with Gasteiger partial charge in [-0.1, -0.05) is 11.6 Å². The van der Waals surface area contributed by atoms with Crippen LogP contribution in [0.3, 0.4) is 0 Å². The van der Waals surface area contributed by atoms with Crippen LogP contribution in [-0.2, 0) is 0 Å². The number of nitrogen functional groups attached to an aromatic ring is 1. The lowest BCUT2D eigenvalue weighted by atomic mass is 10.2. The highest BCUT2D eigenvalue weighted by Gasteiger charge is 2.22. The van der Waals surface area contributed by atoms with Crippen molar-refractivity contribution in [3.05, 3.63) is 28.3 Å². The Morgan fingerprint density at radius 1 is 0.833 bits per heavy atom. The number of nitrogens with two attached hydrogens (primary N) is 1. The quantitative estimate of drug-likeness (QED) is 0.295. The Balaban J connectivity index is 3.60. The lowest BCUT2D eigenvalue weighted by Gasteiger charge is -2.03. The van der Waals surface area contributed by atoms with E-state index in [4.69, 9.17) is 17.3 Å². The molecule has 0 heterocycles. The molecule has 1 nitrogen and oxygen atoms in total. The zero-order chi connectivity index (χ0) is 9.46. The summed E-state index contributed by atoms with van der Waals surface area (Å²) in [7, 11) is 0. The van der Waals surface area contributed by atoms with Gasteiger partial charge in [-0.25, -0.2) is 17.6 Å². The molecule has 0 aliphatic rings. The minimum Gasteiger partial charge on any atom is -0.395 e. The minimum absolute atomic E-state index is 0.937. The van der Waals surface area contributed by atoms with E-state index in [-0.39, 0.29) is 0 Å². The zero-order valence-corrected chi connectivity index (χ0v) is 6.22. The summed E-state index contributed by atoms with van der Waals surface area (Å²) in [4.78, 5) is 0. The second kappa shape index (κ2) is 2.82. The third-order valence-electron chi connectivity index (χ3n) is 1.24. The predicted molar refractivity (Wildman–Crippen MR) is 35.7 cm³/mol. The molecule has 0 unspecified atom stereocenters. The molecule has 0 bridgehead atoms. The Morgan fingerprint density at radius 2 is 1.25 bits per heavy atom. The van der Waals surface area contributed by atoms with Crippen LogP contribution in [0.2, 0.25) is 5.02 Å². The Labute approximate surface area is 69.7 Å². The van der Waals surface area contributed by atoms with Gasteiger partial charge in [0.15, 0.2) is 23.3 Å². The van der Waals surface area contributed by atoms with Gasteiger partial charge in [0.25, 0.3) is 0 Å². The van der Waals surface area contributed by atoms with Crippen molar-refractivity contribution in [1.29, 1.82) is 0 Å². The third kappa shape index (κ3) is 1.10. The van der Waals surface area contributed by atoms with Crippen molar-refractivity contribution in [1.82, 2.24) is 0 Å². The van der Waals surface area contributed by atoms with Gasteiger partial charge in [0.2, 0.25) is 0 Å².